The van der Waals surface area contributed by atoms with E-state index >= 15 is 0 Å². The molecule has 6 nitrogen and oxygen atoms in total. The minimum absolute atomic E-state index is 0.126. The smallest absolute Gasteiger partial charge is 0.308 e. The summed E-state index contributed by atoms with van der Waals surface area (Å²) in [7, 11) is 1.42. The van der Waals surface area contributed by atoms with Gasteiger partial charge in [0, 0.05) is 0 Å². The van der Waals surface area contributed by atoms with Crippen LogP contribution in [-0.4, -0.2) is 35.4 Å². The third-order valence-electron chi connectivity index (χ3n) is 6.46. The van der Waals surface area contributed by atoms with Crippen LogP contribution in [0.5, 0.6) is 5.75 Å². The number of esters is 1. The second-order valence-corrected chi connectivity index (χ2v) is 8.90. The summed E-state index contributed by atoms with van der Waals surface area (Å²) >= 11 is 6.50. The molecule has 1 aliphatic heterocycles. The summed E-state index contributed by atoms with van der Waals surface area (Å²) in [5.41, 5.74) is 4.11. The number of ether oxygens (including phenoxy) is 2. The molecule has 1 fully saturated rings. The number of methoxy groups -OCH3 is 1. The van der Waals surface area contributed by atoms with Gasteiger partial charge in [-0.25, -0.2) is 0 Å². The van der Waals surface area contributed by atoms with E-state index in [1.54, 1.807) is 6.07 Å². The molecule has 1 unspecified atom stereocenters. The number of benzene rings is 1. The Kier molecular flexibility index (Phi) is 5.34. The highest BCUT2D eigenvalue weighted by molar-refractivity contribution is 6.34. The first-order chi connectivity index (χ1) is 15.1. The Hall–Kier alpha value is -2.60. The second kappa shape index (κ2) is 8.15. The van der Waals surface area contributed by atoms with Crippen LogP contribution in [0.2, 0.25) is 5.02 Å². The normalized spacial score (nSPS) is 20.5. The molecule has 3 aliphatic rings. The van der Waals surface area contributed by atoms with Crippen molar-refractivity contribution in [2.24, 2.45) is 5.92 Å². The minimum atomic E-state index is -0.190. The lowest BCUT2D eigenvalue weighted by Crippen LogP contribution is -2.21. The third-order valence-corrected chi connectivity index (χ3v) is 6.77. The van der Waals surface area contributed by atoms with Gasteiger partial charge in [-0.15, -0.1) is 0 Å². The molecule has 1 aromatic heterocycles. The Morgan fingerprint density at radius 2 is 2.06 bits per heavy atom. The van der Waals surface area contributed by atoms with Crippen molar-refractivity contribution in [1.29, 1.82) is 0 Å². The van der Waals surface area contributed by atoms with E-state index in [4.69, 9.17) is 26.2 Å². The number of aromatic nitrogens is 2. The topological polar surface area (TPSA) is 70.4 Å². The van der Waals surface area contributed by atoms with Crippen LogP contribution >= 0.6 is 11.6 Å². The molecule has 1 aromatic carbocycles. The number of nitrogens with zero attached hydrogens (tertiary/aromatic N) is 2. The van der Waals surface area contributed by atoms with Gasteiger partial charge in [0.15, 0.2) is 5.75 Å². The Balaban J connectivity index is 1.53. The van der Waals surface area contributed by atoms with Crippen LogP contribution in [0.1, 0.15) is 71.8 Å². The van der Waals surface area contributed by atoms with E-state index in [2.05, 4.69) is 0 Å². The molecule has 7 heteroatoms. The molecular formula is C24H25ClN2O4. The van der Waals surface area contributed by atoms with Crippen molar-refractivity contribution in [3.05, 3.63) is 51.8 Å². The van der Waals surface area contributed by atoms with E-state index in [-0.39, 0.29) is 17.8 Å². The molecule has 1 saturated carbocycles. The van der Waals surface area contributed by atoms with Crippen LogP contribution < -0.4 is 4.74 Å². The Morgan fingerprint density at radius 3 is 2.77 bits per heavy atom. The molecule has 31 heavy (non-hydrogen) atoms. The second-order valence-electron chi connectivity index (χ2n) is 8.50. The molecule has 162 valence electrons. The maximum absolute atomic E-state index is 13.6. The largest absolute Gasteiger partial charge is 0.489 e. The van der Waals surface area contributed by atoms with Crippen molar-refractivity contribution in [1.82, 2.24) is 9.78 Å². The number of allylic oxidation sites excluding steroid dienone is 2. The summed E-state index contributed by atoms with van der Waals surface area (Å²) in [6.45, 7) is 0.608. The number of carbonyl (C=O) groups is 2. The van der Waals surface area contributed by atoms with E-state index in [0.717, 1.165) is 42.5 Å². The standard InChI is InChI=1S/C24H25ClN2O4/c1-30-24(29)16-11-9-15(10-12-16)21-22-19(6-3-13-31-22)27(26-21)23(28)20-17(14-7-8-14)4-2-5-18(20)25/h2,4-5,9,14,16H,3,6-8,10-13H2,1H3. The number of halogens is 1. The molecule has 1 atom stereocenters. The number of rotatable bonds is 4. The molecule has 2 aliphatic carbocycles. The Morgan fingerprint density at radius 1 is 1.23 bits per heavy atom. The zero-order valence-corrected chi connectivity index (χ0v) is 18.3. The number of carbonyl (C=O) groups excluding carboxylic acids is 2. The predicted octanol–water partition coefficient (Wildman–Crippen LogP) is 4.78. The Labute approximate surface area is 186 Å². The zero-order valence-electron chi connectivity index (χ0n) is 17.5. The van der Waals surface area contributed by atoms with Crippen LogP contribution in [0.3, 0.4) is 0 Å². The fraction of sp³-hybridized carbons (Fsp3) is 0.458. The van der Waals surface area contributed by atoms with Crippen LogP contribution in [0, 0.1) is 5.92 Å². The van der Waals surface area contributed by atoms with Gasteiger partial charge in [0.05, 0.1) is 35.9 Å². The van der Waals surface area contributed by atoms with Crippen molar-refractivity contribution in [2.75, 3.05) is 13.7 Å². The highest BCUT2D eigenvalue weighted by atomic mass is 35.5. The van der Waals surface area contributed by atoms with Gasteiger partial charge in [-0.05, 0) is 68.1 Å². The minimum Gasteiger partial charge on any atom is -0.489 e. The lowest BCUT2D eigenvalue weighted by molar-refractivity contribution is -0.145. The van der Waals surface area contributed by atoms with Crippen molar-refractivity contribution >= 4 is 29.1 Å². The number of hydrogen-bond donors (Lipinski definition) is 0. The average molecular weight is 441 g/mol. The highest BCUT2D eigenvalue weighted by Crippen LogP contribution is 2.44. The first kappa shape index (κ1) is 20.3. The molecule has 0 radical (unpaired) electrons. The molecule has 5 rings (SSSR count). The first-order valence-corrected chi connectivity index (χ1v) is 11.3. The summed E-state index contributed by atoms with van der Waals surface area (Å²) in [6.07, 6.45) is 7.77. The summed E-state index contributed by atoms with van der Waals surface area (Å²) in [6, 6.07) is 5.68. The van der Waals surface area contributed by atoms with Gasteiger partial charge in [0.1, 0.15) is 5.69 Å². The van der Waals surface area contributed by atoms with Gasteiger partial charge >= 0.3 is 5.97 Å². The van der Waals surface area contributed by atoms with Crippen molar-refractivity contribution in [3.8, 4) is 5.75 Å². The molecule has 0 spiro atoms. The number of fused-ring (bicyclic) bond motifs is 1. The van der Waals surface area contributed by atoms with Crippen molar-refractivity contribution in [2.45, 2.75) is 50.9 Å². The lowest BCUT2D eigenvalue weighted by atomic mass is 9.88. The van der Waals surface area contributed by atoms with Crippen LogP contribution in [0.15, 0.2) is 24.3 Å². The van der Waals surface area contributed by atoms with Gasteiger partial charge < -0.3 is 9.47 Å². The maximum Gasteiger partial charge on any atom is 0.308 e. The van der Waals surface area contributed by atoms with Gasteiger partial charge in [-0.3, -0.25) is 9.59 Å². The van der Waals surface area contributed by atoms with E-state index in [1.807, 2.05) is 18.2 Å². The molecular weight excluding hydrogens is 416 g/mol. The van der Waals surface area contributed by atoms with Gasteiger partial charge in [0.2, 0.25) is 0 Å². The quantitative estimate of drug-likeness (QED) is 0.639. The zero-order chi connectivity index (χ0) is 21.5. The maximum atomic E-state index is 13.6. The van der Waals surface area contributed by atoms with Crippen LogP contribution in [0.25, 0.3) is 5.57 Å². The van der Waals surface area contributed by atoms with E-state index in [0.29, 0.717) is 53.8 Å². The van der Waals surface area contributed by atoms with E-state index < -0.39 is 0 Å². The van der Waals surface area contributed by atoms with Crippen LogP contribution in [0.4, 0.5) is 0 Å². The molecule has 0 N–H and O–H groups in total. The molecule has 0 amide bonds. The SMILES string of the molecule is COC(=O)C1CC=C(c2nn(C(=O)c3c(Cl)cccc3C3CC3)c3c2OCCC3)CC1. The molecule has 0 saturated heterocycles. The summed E-state index contributed by atoms with van der Waals surface area (Å²) in [4.78, 5) is 25.5. The predicted molar refractivity (Wildman–Crippen MR) is 117 cm³/mol. The Bertz CT molecular complexity index is 1080. The first-order valence-electron chi connectivity index (χ1n) is 10.9. The lowest BCUT2D eigenvalue weighted by Gasteiger charge is -2.20. The summed E-state index contributed by atoms with van der Waals surface area (Å²) in [5, 5.41) is 5.21. The molecule has 2 heterocycles. The summed E-state index contributed by atoms with van der Waals surface area (Å²) in [5.74, 6) is 0.599. The van der Waals surface area contributed by atoms with E-state index in [9.17, 15) is 9.59 Å². The van der Waals surface area contributed by atoms with Gasteiger partial charge in [-0.1, -0.05) is 29.8 Å². The van der Waals surface area contributed by atoms with Crippen LogP contribution in [-0.2, 0) is 16.0 Å². The molecule has 0 bridgehead atoms. The van der Waals surface area contributed by atoms with E-state index in [1.165, 1.54) is 11.8 Å². The van der Waals surface area contributed by atoms with Crippen molar-refractivity contribution < 1.29 is 19.1 Å². The average Bonchev–Trinajstić information content (AvgIpc) is 3.58. The fourth-order valence-electron chi connectivity index (χ4n) is 4.64. The van der Waals surface area contributed by atoms with Gasteiger partial charge in [0.25, 0.3) is 5.91 Å². The van der Waals surface area contributed by atoms with Gasteiger partial charge in [-0.2, -0.15) is 9.78 Å². The monoisotopic (exact) mass is 440 g/mol. The number of hydrogen-bond acceptors (Lipinski definition) is 5. The summed E-state index contributed by atoms with van der Waals surface area (Å²) < 4.78 is 12.4. The molecule has 2 aromatic rings. The fourth-order valence-corrected chi connectivity index (χ4v) is 4.90. The third kappa shape index (κ3) is 3.67. The van der Waals surface area contributed by atoms with Crippen molar-refractivity contribution in [3.63, 3.8) is 0 Å². The highest BCUT2D eigenvalue weighted by Gasteiger charge is 2.34.